The Morgan fingerprint density at radius 3 is 1.69 bits per heavy atom. The molecule has 3 heteroatoms. The molecular weight excluding hydrogens is 252 g/mol. The highest BCUT2D eigenvalue weighted by atomic mass is 32.2. The first kappa shape index (κ1) is 17.1. The molecule has 0 N–H and O–H groups in total. The van der Waals surface area contributed by atoms with Crippen LogP contribution < -0.4 is 0 Å². The zero-order valence-electron chi connectivity index (χ0n) is 11.8. The Labute approximate surface area is 115 Å². The third-order valence-corrected chi connectivity index (χ3v) is 6.01. The molecule has 0 heterocycles. The summed E-state index contributed by atoms with van der Waals surface area (Å²) in [5, 5.41) is 0. The Bertz CT molecular complexity index is 145. The van der Waals surface area contributed by atoms with Gasteiger partial charge in [0.1, 0.15) is 0 Å². The smallest absolute Gasteiger partial charge is 0.00753 e. The topological polar surface area (TPSA) is 0 Å². The summed E-state index contributed by atoms with van der Waals surface area (Å²) in [6.45, 7) is 13.8. The van der Waals surface area contributed by atoms with Crippen molar-refractivity contribution in [1.29, 1.82) is 0 Å². The highest BCUT2D eigenvalue weighted by Gasteiger charge is 2.10. The molecule has 0 amide bonds. The molecule has 0 spiro atoms. The van der Waals surface area contributed by atoms with Gasteiger partial charge in [0, 0.05) is 27.8 Å². The Kier molecular flexibility index (Phi) is 8.74. The van der Waals surface area contributed by atoms with Crippen LogP contribution in [0, 0.1) is 5.41 Å². The summed E-state index contributed by atoms with van der Waals surface area (Å²) in [5.41, 5.74) is 0.484. The quantitative estimate of drug-likeness (QED) is 0.600. The molecule has 0 rings (SSSR count). The maximum absolute atomic E-state index is 2.31. The molecule has 0 aromatic heterocycles. The van der Waals surface area contributed by atoms with Crippen LogP contribution in [0.4, 0.5) is 0 Å². The van der Waals surface area contributed by atoms with Crippen molar-refractivity contribution in [2.75, 3.05) is 28.8 Å². The molecule has 0 saturated carbocycles. The van der Waals surface area contributed by atoms with E-state index in [4.69, 9.17) is 0 Å². The fourth-order valence-electron chi connectivity index (χ4n) is 1.01. The molecule has 16 heavy (non-hydrogen) atoms. The second kappa shape index (κ2) is 8.20. The molecule has 0 aliphatic carbocycles. The van der Waals surface area contributed by atoms with Crippen molar-refractivity contribution >= 4 is 35.3 Å². The van der Waals surface area contributed by atoms with Gasteiger partial charge in [-0.15, -0.1) is 0 Å². The van der Waals surface area contributed by atoms with E-state index < -0.39 is 0 Å². The summed E-state index contributed by atoms with van der Waals surface area (Å²) in [7, 11) is 0. The van der Waals surface area contributed by atoms with E-state index in [-0.39, 0.29) is 0 Å². The van der Waals surface area contributed by atoms with Crippen LogP contribution in [0.2, 0.25) is 0 Å². The van der Waals surface area contributed by atoms with Crippen molar-refractivity contribution in [1.82, 2.24) is 0 Å². The predicted molar refractivity (Wildman–Crippen MR) is 86.3 cm³/mol. The Balaban J connectivity index is 3.17. The van der Waals surface area contributed by atoms with Gasteiger partial charge < -0.3 is 0 Å². The van der Waals surface area contributed by atoms with E-state index >= 15 is 0 Å². The molecule has 0 saturated heterocycles. The van der Waals surface area contributed by atoms with Crippen molar-refractivity contribution < 1.29 is 0 Å². The minimum absolute atomic E-state index is 0.432. The maximum Gasteiger partial charge on any atom is 0.00753 e. The van der Waals surface area contributed by atoms with E-state index in [0.717, 1.165) is 0 Å². The fraction of sp³-hybridized carbons (Fsp3) is 1.00. The molecule has 0 atom stereocenters. The monoisotopic (exact) mass is 280 g/mol. The average Bonchev–Trinajstić information content (AvgIpc) is 2.06. The van der Waals surface area contributed by atoms with Gasteiger partial charge in [-0.1, -0.05) is 41.5 Å². The molecular formula is C13H28S3. The predicted octanol–water partition coefficient (Wildman–Crippen LogP) is 5.03. The third-order valence-electron chi connectivity index (χ3n) is 1.67. The van der Waals surface area contributed by atoms with Crippen LogP contribution >= 0.6 is 35.3 Å². The Hall–Kier alpha value is 1.05. The summed E-state index contributed by atoms with van der Waals surface area (Å²) in [6.07, 6.45) is 0. The van der Waals surface area contributed by atoms with Crippen LogP contribution in [0.5, 0.6) is 0 Å². The van der Waals surface area contributed by atoms with Crippen LogP contribution in [-0.4, -0.2) is 33.5 Å². The first-order chi connectivity index (χ1) is 7.21. The van der Waals surface area contributed by atoms with E-state index in [9.17, 15) is 0 Å². The summed E-state index contributed by atoms with van der Waals surface area (Å²) in [6, 6.07) is 0. The van der Waals surface area contributed by atoms with Crippen molar-refractivity contribution in [2.24, 2.45) is 5.41 Å². The van der Waals surface area contributed by atoms with Crippen LogP contribution in [0.15, 0.2) is 0 Å². The van der Waals surface area contributed by atoms with Gasteiger partial charge in [0.15, 0.2) is 0 Å². The van der Waals surface area contributed by atoms with Gasteiger partial charge in [-0.3, -0.25) is 0 Å². The lowest BCUT2D eigenvalue weighted by atomic mass is 10.0. The lowest BCUT2D eigenvalue weighted by molar-refractivity contribution is 0.481. The zero-order chi connectivity index (χ0) is 12.7. The summed E-state index contributed by atoms with van der Waals surface area (Å²) < 4.78 is 0.432. The number of hydrogen-bond acceptors (Lipinski definition) is 3. The van der Waals surface area contributed by atoms with Gasteiger partial charge in [0.05, 0.1) is 0 Å². The SMILES string of the molecule is CC(C)(C)CSCCSCCSC(C)(C)C. The van der Waals surface area contributed by atoms with Crippen LogP contribution in [-0.2, 0) is 0 Å². The molecule has 0 unspecified atom stereocenters. The standard InChI is InChI=1S/C13H28S3/c1-12(2,3)11-15-8-7-14-9-10-16-13(4,5)6/h7-11H2,1-6H3. The first-order valence-electron chi connectivity index (χ1n) is 6.00. The lowest BCUT2D eigenvalue weighted by Crippen LogP contribution is -2.10. The Morgan fingerprint density at radius 2 is 1.19 bits per heavy atom. The van der Waals surface area contributed by atoms with Crippen molar-refractivity contribution in [2.45, 2.75) is 46.3 Å². The zero-order valence-corrected chi connectivity index (χ0v) is 14.2. The second-order valence-electron chi connectivity index (χ2n) is 6.19. The van der Waals surface area contributed by atoms with Crippen LogP contribution in [0.3, 0.4) is 0 Å². The molecule has 98 valence electrons. The van der Waals surface area contributed by atoms with Gasteiger partial charge in [0.2, 0.25) is 0 Å². The summed E-state index contributed by atoms with van der Waals surface area (Å²) >= 11 is 6.27. The third kappa shape index (κ3) is 15.0. The van der Waals surface area contributed by atoms with E-state index in [2.05, 4.69) is 76.8 Å². The van der Waals surface area contributed by atoms with E-state index in [1.54, 1.807) is 0 Å². The van der Waals surface area contributed by atoms with Crippen molar-refractivity contribution in [3.8, 4) is 0 Å². The van der Waals surface area contributed by atoms with E-state index in [1.165, 1.54) is 28.8 Å². The van der Waals surface area contributed by atoms with Crippen LogP contribution in [0.1, 0.15) is 41.5 Å². The molecule has 0 bridgehead atoms. The molecule has 0 fully saturated rings. The van der Waals surface area contributed by atoms with Crippen molar-refractivity contribution in [3.63, 3.8) is 0 Å². The van der Waals surface area contributed by atoms with Gasteiger partial charge >= 0.3 is 0 Å². The van der Waals surface area contributed by atoms with E-state index in [1.807, 2.05) is 0 Å². The molecule has 0 aliphatic rings. The highest BCUT2D eigenvalue weighted by Crippen LogP contribution is 2.24. The molecule has 0 aromatic rings. The molecule has 0 aliphatic heterocycles. The second-order valence-corrected chi connectivity index (χ2v) is 10.4. The van der Waals surface area contributed by atoms with Gasteiger partial charge in [-0.25, -0.2) is 0 Å². The average molecular weight is 281 g/mol. The summed E-state index contributed by atoms with van der Waals surface area (Å²) in [4.78, 5) is 0. The lowest BCUT2D eigenvalue weighted by Gasteiger charge is -2.18. The van der Waals surface area contributed by atoms with E-state index in [0.29, 0.717) is 10.2 Å². The highest BCUT2D eigenvalue weighted by molar-refractivity contribution is 8.04. The summed E-state index contributed by atoms with van der Waals surface area (Å²) in [5.74, 6) is 6.49. The Morgan fingerprint density at radius 1 is 0.688 bits per heavy atom. The normalized spacial score (nSPS) is 13.1. The minimum Gasteiger partial charge on any atom is -0.161 e. The molecule has 0 aromatic carbocycles. The largest absolute Gasteiger partial charge is 0.161 e. The van der Waals surface area contributed by atoms with Crippen molar-refractivity contribution in [3.05, 3.63) is 0 Å². The fourth-order valence-corrected chi connectivity index (χ4v) is 4.33. The minimum atomic E-state index is 0.432. The molecule has 0 radical (unpaired) electrons. The van der Waals surface area contributed by atoms with Gasteiger partial charge in [-0.05, 0) is 11.2 Å². The number of rotatable bonds is 7. The van der Waals surface area contributed by atoms with Gasteiger partial charge in [-0.2, -0.15) is 35.3 Å². The molecule has 0 nitrogen and oxygen atoms in total. The maximum atomic E-state index is 2.31. The first-order valence-corrected chi connectivity index (χ1v) is 9.30. The number of hydrogen-bond donors (Lipinski definition) is 0. The van der Waals surface area contributed by atoms with Gasteiger partial charge in [0.25, 0.3) is 0 Å². The number of thioether (sulfide) groups is 3. The van der Waals surface area contributed by atoms with Crippen LogP contribution in [0.25, 0.3) is 0 Å².